The second kappa shape index (κ2) is 6.17. The van der Waals surface area contributed by atoms with E-state index in [0.29, 0.717) is 18.0 Å². The molecule has 0 amide bonds. The fourth-order valence-electron chi connectivity index (χ4n) is 1.66. The van der Waals surface area contributed by atoms with E-state index in [-0.39, 0.29) is 17.3 Å². The van der Waals surface area contributed by atoms with E-state index in [1.165, 1.54) is 18.3 Å². The molecule has 7 heteroatoms. The van der Waals surface area contributed by atoms with Crippen molar-refractivity contribution >= 4 is 11.7 Å². The lowest BCUT2D eigenvalue weighted by Gasteiger charge is -2.05. The Kier molecular flexibility index (Phi) is 4.32. The summed E-state index contributed by atoms with van der Waals surface area (Å²) in [7, 11) is 0. The Hall–Kier alpha value is -2.70. The Labute approximate surface area is 121 Å². The van der Waals surface area contributed by atoms with E-state index < -0.39 is 10.9 Å². The Balaban J connectivity index is 2.18. The number of benzene rings is 1. The van der Waals surface area contributed by atoms with Crippen LogP contribution in [0.3, 0.4) is 0 Å². The molecule has 0 aliphatic heterocycles. The van der Waals surface area contributed by atoms with Gasteiger partial charge in [-0.2, -0.15) is 0 Å². The van der Waals surface area contributed by atoms with Crippen molar-refractivity contribution in [2.24, 2.45) is 5.92 Å². The standard InChI is InChI=1S/C14H15N3O4/c1-9(2)8-21-14(18)12-7-15-13(16-12)10-4-3-5-11(6-10)17(19)20/h3-7,9H,8H2,1-2H3,(H,15,16). The van der Waals surface area contributed by atoms with Crippen LogP contribution < -0.4 is 0 Å². The van der Waals surface area contributed by atoms with E-state index >= 15 is 0 Å². The number of nitrogens with zero attached hydrogens (tertiary/aromatic N) is 2. The summed E-state index contributed by atoms with van der Waals surface area (Å²) in [5, 5.41) is 10.7. The maximum atomic E-state index is 11.8. The van der Waals surface area contributed by atoms with Crippen LogP contribution >= 0.6 is 0 Å². The Morgan fingerprint density at radius 3 is 2.90 bits per heavy atom. The Morgan fingerprint density at radius 1 is 1.48 bits per heavy atom. The van der Waals surface area contributed by atoms with Crippen molar-refractivity contribution in [2.45, 2.75) is 13.8 Å². The molecule has 21 heavy (non-hydrogen) atoms. The Bertz CT molecular complexity index is 664. The van der Waals surface area contributed by atoms with E-state index in [1.807, 2.05) is 13.8 Å². The molecule has 1 N–H and O–H groups in total. The minimum absolute atomic E-state index is 0.0344. The van der Waals surface area contributed by atoms with Crippen LogP contribution in [0.2, 0.25) is 0 Å². The summed E-state index contributed by atoms with van der Waals surface area (Å²) in [6.45, 7) is 4.20. The van der Waals surface area contributed by atoms with E-state index in [9.17, 15) is 14.9 Å². The highest BCUT2D eigenvalue weighted by Gasteiger charge is 2.14. The number of hydrogen-bond acceptors (Lipinski definition) is 5. The zero-order valence-electron chi connectivity index (χ0n) is 11.7. The number of non-ortho nitro benzene ring substituents is 1. The van der Waals surface area contributed by atoms with Crippen LogP contribution in [-0.4, -0.2) is 27.5 Å². The molecule has 1 heterocycles. The number of nitro benzene ring substituents is 1. The molecule has 110 valence electrons. The van der Waals surface area contributed by atoms with Crippen LogP contribution in [-0.2, 0) is 4.74 Å². The molecule has 1 aromatic carbocycles. The molecule has 0 aliphatic rings. The van der Waals surface area contributed by atoms with Crippen LogP contribution in [0.25, 0.3) is 11.4 Å². The molecule has 7 nitrogen and oxygen atoms in total. The van der Waals surface area contributed by atoms with Gasteiger partial charge in [0.15, 0.2) is 0 Å². The number of esters is 1. The highest BCUT2D eigenvalue weighted by Crippen LogP contribution is 2.21. The van der Waals surface area contributed by atoms with Gasteiger partial charge in [0.05, 0.1) is 17.7 Å². The lowest BCUT2D eigenvalue weighted by Crippen LogP contribution is -2.10. The quantitative estimate of drug-likeness (QED) is 0.518. The maximum Gasteiger partial charge on any atom is 0.356 e. The van der Waals surface area contributed by atoms with Gasteiger partial charge in [-0.3, -0.25) is 10.1 Å². The first-order valence-corrected chi connectivity index (χ1v) is 6.44. The molecule has 0 aliphatic carbocycles. The molecule has 2 rings (SSSR count). The van der Waals surface area contributed by atoms with Crippen molar-refractivity contribution in [3.63, 3.8) is 0 Å². The van der Waals surface area contributed by atoms with Crippen molar-refractivity contribution in [1.82, 2.24) is 9.97 Å². The molecule has 0 bridgehead atoms. The van der Waals surface area contributed by atoms with Gasteiger partial charge in [0.25, 0.3) is 5.69 Å². The number of carbonyl (C=O) groups is 1. The van der Waals surface area contributed by atoms with E-state index in [4.69, 9.17) is 4.74 Å². The van der Waals surface area contributed by atoms with Gasteiger partial charge in [0.1, 0.15) is 11.5 Å². The summed E-state index contributed by atoms with van der Waals surface area (Å²) < 4.78 is 5.08. The molecule has 0 unspecified atom stereocenters. The smallest absolute Gasteiger partial charge is 0.356 e. The fourth-order valence-corrected chi connectivity index (χ4v) is 1.66. The number of nitro groups is 1. The van der Waals surface area contributed by atoms with Gasteiger partial charge in [0, 0.05) is 17.7 Å². The summed E-state index contributed by atoms with van der Waals surface area (Å²) in [4.78, 5) is 28.9. The van der Waals surface area contributed by atoms with Crippen molar-refractivity contribution < 1.29 is 14.5 Å². The number of aromatic nitrogens is 2. The first-order valence-electron chi connectivity index (χ1n) is 6.44. The highest BCUT2D eigenvalue weighted by atomic mass is 16.6. The number of rotatable bonds is 5. The molecule has 0 saturated heterocycles. The third-order valence-corrected chi connectivity index (χ3v) is 2.67. The van der Waals surface area contributed by atoms with E-state index in [2.05, 4.69) is 9.97 Å². The molecule has 0 saturated carbocycles. The minimum Gasteiger partial charge on any atom is -0.461 e. The number of ether oxygens (including phenoxy) is 1. The normalized spacial score (nSPS) is 10.6. The largest absolute Gasteiger partial charge is 0.461 e. The summed E-state index contributed by atoms with van der Waals surface area (Å²) in [6, 6.07) is 6.02. The van der Waals surface area contributed by atoms with Crippen molar-refractivity contribution in [2.75, 3.05) is 6.61 Å². The number of imidazole rings is 1. The summed E-state index contributed by atoms with van der Waals surface area (Å²) in [6.07, 6.45) is 1.36. The zero-order chi connectivity index (χ0) is 15.4. The fraction of sp³-hybridized carbons (Fsp3) is 0.286. The molecule has 0 radical (unpaired) electrons. The average molecular weight is 289 g/mol. The third-order valence-electron chi connectivity index (χ3n) is 2.67. The van der Waals surface area contributed by atoms with Crippen LogP contribution in [0.4, 0.5) is 5.69 Å². The third kappa shape index (κ3) is 3.65. The van der Waals surface area contributed by atoms with Crippen LogP contribution in [0, 0.1) is 16.0 Å². The average Bonchev–Trinajstić information content (AvgIpc) is 2.94. The monoisotopic (exact) mass is 289 g/mol. The number of carbonyl (C=O) groups excluding carboxylic acids is 1. The van der Waals surface area contributed by atoms with Gasteiger partial charge in [0.2, 0.25) is 0 Å². The van der Waals surface area contributed by atoms with Crippen molar-refractivity contribution in [3.05, 3.63) is 46.3 Å². The van der Waals surface area contributed by atoms with Crippen LogP contribution in [0.15, 0.2) is 30.5 Å². The van der Waals surface area contributed by atoms with Gasteiger partial charge in [-0.05, 0) is 5.92 Å². The molecule has 0 atom stereocenters. The first-order chi connectivity index (χ1) is 9.97. The predicted molar refractivity (Wildman–Crippen MR) is 75.8 cm³/mol. The van der Waals surface area contributed by atoms with Crippen molar-refractivity contribution in [3.8, 4) is 11.4 Å². The number of H-pyrrole nitrogens is 1. The lowest BCUT2D eigenvalue weighted by atomic mass is 10.2. The van der Waals surface area contributed by atoms with E-state index in [0.717, 1.165) is 0 Å². The maximum absolute atomic E-state index is 11.8. The number of hydrogen-bond donors (Lipinski definition) is 1. The predicted octanol–water partition coefficient (Wildman–Crippen LogP) is 2.80. The molecule has 0 fully saturated rings. The van der Waals surface area contributed by atoms with E-state index in [1.54, 1.807) is 12.1 Å². The molecule has 1 aromatic heterocycles. The number of nitrogens with one attached hydrogen (secondary N) is 1. The van der Waals surface area contributed by atoms with Crippen LogP contribution in [0.5, 0.6) is 0 Å². The number of aromatic amines is 1. The lowest BCUT2D eigenvalue weighted by molar-refractivity contribution is -0.384. The minimum atomic E-state index is -0.493. The zero-order valence-corrected chi connectivity index (χ0v) is 11.7. The topological polar surface area (TPSA) is 98.1 Å². The second-order valence-electron chi connectivity index (χ2n) is 4.95. The molecular formula is C14H15N3O4. The highest BCUT2D eigenvalue weighted by molar-refractivity contribution is 5.87. The molecule has 0 spiro atoms. The van der Waals surface area contributed by atoms with Gasteiger partial charge in [-0.25, -0.2) is 9.78 Å². The first kappa shape index (κ1) is 14.7. The van der Waals surface area contributed by atoms with Crippen LogP contribution in [0.1, 0.15) is 24.3 Å². The van der Waals surface area contributed by atoms with Gasteiger partial charge in [-0.1, -0.05) is 26.0 Å². The summed E-state index contributed by atoms with van der Waals surface area (Å²) >= 11 is 0. The second-order valence-corrected chi connectivity index (χ2v) is 4.95. The SMILES string of the molecule is CC(C)COC(=O)c1cnc(-c2cccc([N+](=O)[O-])c2)[nH]1. The molecule has 2 aromatic rings. The van der Waals surface area contributed by atoms with Gasteiger partial charge in [-0.15, -0.1) is 0 Å². The van der Waals surface area contributed by atoms with Gasteiger partial charge < -0.3 is 9.72 Å². The Morgan fingerprint density at radius 2 is 2.24 bits per heavy atom. The van der Waals surface area contributed by atoms with Gasteiger partial charge >= 0.3 is 5.97 Å². The summed E-state index contributed by atoms with van der Waals surface area (Å²) in [5.74, 6) is 0.135. The summed E-state index contributed by atoms with van der Waals surface area (Å²) in [5.41, 5.74) is 0.720. The molecular weight excluding hydrogens is 274 g/mol. The van der Waals surface area contributed by atoms with Crippen molar-refractivity contribution in [1.29, 1.82) is 0 Å².